The SMILES string of the molecule is CCCCCCCCOC(=O)O[C@H]1CC[C@@]2(C)C(=CC[C@H]3[C@@H]4CC[C@H]([C@H](C)CCCC(C)C)[C@@]4(C)CC[C@@H]32)C1. The van der Waals surface area contributed by atoms with E-state index in [-0.39, 0.29) is 6.10 Å². The molecule has 0 aliphatic heterocycles. The molecule has 0 unspecified atom stereocenters. The minimum Gasteiger partial charge on any atom is -0.434 e. The molecule has 3 heteroatoms. The molecule has 0 spiro atoms. The van der Waals surface area contributed by atoms with E-state index >= 15 is 0 Å². The van der Waals surface area contributed by atoms with Crippen molar-refractivity contribution in [3.63, 3.8) is 0 Å². The van der Waals surface area contributed by atoms with Gasteiger partial charge in [0.2, 0.25) is 0 Å². The summed E-state index contributed by atoms with van der Waals surface area (Å²) >= 11 is 0. The summed E-state index contributed by atoms with van der Waals surface area (Å²) < 4.78 is 11.3. The smallest absolute Gasteiger partial charge is 0.434 e. The summed E-state index contributed by atoms with van der Waals surface area (Å²) in [6.07, 6.45) is 23.6. The lowest BCUT2D eigenvalue weighted by Gasteiger charge is -2.58. The van der Waals surface area contributed by atoms with E-state index in [0.717, 1.165) is 67.6 Å². The van der Waals surface area contributed by atoms with Gasteiger partial charge in [0.05, 0.1) is 6.61 Å². The summed E-state index contributed by atoms with van der Waals surface area (Å²) in [7, 11) is 0. The maximum Gasteiger partial charge on any atom is 0.508 e. The van der Waals surface area contributed by atoms with Crippen LogP contribution < -0.4 is 0 Å². The standard InChI is InChI=1S/C36H62O3/c1-7-8-9-10-11-12-24-38-34(37)39-29-20-22-35(5)28(25-29)16-17-30-32-19-18-31(27(4)15-13-14-26(2)3)36(32,6)23-21-33(30)35/h16,26-27,29-33H,7-15,17-25H2,1-6H3/t27-,29+,30+,31-,32+,33+,35+,36-/m1/s1. The van der Waals surface area contributed by atoms with Gasteiger partial charge in [-0.05, 0) is 97.7 Å². The number of hydrogen-bond donors (Lipinski definition) is 0. The third-order valence-corrected chi connectivity index (χ3v) is 12.2. The number of rotatable bonds is 13. The van der Waals surface area contributed by atoms with E-state index in [0.29, 0.717) is 17.4 Å². The second-order valence-electron chi connectivity index (χ2n) is 15.1. The number of hydrogen-bond acceptors (Lipinski definition) is 3. The van der Waals surface area contributed by atoms with Gasteiger partial charge in [-0.1, -0.05) is 105 Å². The van der Waals surface area contributed by atoms with Crippen LogP contribution in [0.15, 0.2) is 11.6 Å². The van der Waals surface area contributed by atoms with Crippen molar-refractivity contribution in [2.45, 2.75) is 157 Å². The molecule has 8 atom stereocenters. The first-order chi connectivity index (χ1) is 18.7. The molecule has 224 valence electrons. The quantitative estimate of drug-likeness (QED) is 0.132. The predicted molar refractivity (Wildman–Crippen MR) is 163 cm³/mol. The third kappa shape index (κ3) is 7.09. The van der Waals surface area contributed by atoms with Gasteiger partial charge in [-0.15, -0.1) is 0 Å². The van der Waals surface area contributed by atoms with Gasteiger partial charge >= 0.3 is 6.16 Å². The number of carbonyl (C=O) groups excluding carboxylic acids is 1. The van der Waals surface area contributed by atoms with Gasteiger partial charge in [0.25, 0.3) is 0 Å². The summed E-state index contributed by atoms with van der Waals surface area (Å²) in [5.41, 5.74) is 2.43. The Morgan fingerprint density at radius 3 is 2.46 bits per heavy atom. The number of carbonyl (C=O) groups is 1. The minimum atomic E-state index is -0.445. The van der Waals surface area contributed by atoms with Crippen molar-refractivity contribution in [3.8, 4) is 0 Å². The van der Waals surface area contributed by atoms with E-state index < -0.39 is 6.16 Å². The molecule has 4 aliphatic carbocycles. The summed E-state index contributed by atoms with van der Waals surface area (Å²) in [5.74, 6) is 5.18. The fourth-order valence-electron chi connectivity index (χ4n) is 9.96. The van der Waals surface area contributed by atoms with Gasteiger partial charge in [0, 0.05) is 6.42 Å². The van der Waals surface area contributed by atoms with Crippen molar-refractivity contribution >= 4 is 6.16 Å². The summed E-state index contributed by atoms with van der Waals surface area (Å²) in [4.78, 5) is 12.4. The van der Waals surface area contributed by atoms with Gasteiger partial charge < -0.3 is 9.47 Å². The van der Waals surface area contributed by atoms with E-state index in [1.807, 2.05) is 0 Å². The second kappa shape index (κ2) is 13.8. The molecule has 0 heterocycles. The number of fused-ring (bicyclic) bond motifs is 5. The molecule has 39 heavy (non-hydrogen) atoms. The first-order valence-corrected chi connectivity index (χ1v) is 17.2. The summed E-state index contributed by atoms with van der Waals surface area (Å²) in [6, 6.07) is 0. The lowest BCUT2D eigenvalue weighted by Crippen LogP contribution is -2.51. The Labute approximate surface area is 241 Å². The first-order valence-electron chi connectivity index (χ1n) is 17.2. The van der Waals surface area contributed by atoms with Crippen LogP contribution in [0.2, 0.25) is 0 Å². The monoisotopic (exact) mass is 542 g/mol. The van der Waals surface area contributed by atoms with Crippen molar-refractivity contribution in [1.29, 1.82) is 0 Å². The molecule has 0 aromatic carbocycles. The van der Waals surface area contributed by atoms with Crippen molar-refractivity contribution in [2.24, 2.45) is 46.3 Å². The fourth-order valence-corrected chi connectivity index (χ4v) is 9.96. The highest BCUT2D eigenvalue weighted by atomic mass is 16.7. The average molecular weight is 543 g/mol. The van der Waals surface area contributed by atoms with Crippen molar-refractivity contribution in [2.75, 3.05) is 6.61 Å². The number of allylic oxidation sites excluding steroid dienone is 1. The number of unbranched alkanes of at least 4 members (excludes halogenated alkanes) is 5. The largest absolute Gasteiger partial charge is 0.508 e. The fraction of sp³-hybridized carbons (Fsp3) is 0.917. The summed E-state index contributed by atoms with van der Waals surface area (Å²) in [6.45, 7) is 15.3. The Kier molecular flexibility index (Phi) is 10.9. The van der Waals surface area contributed by atoms with Crippen LogP contribution in [-0.2, 0) is 9.47 Å². The van der Waals surface area contributed by atoms with E-state index in [1.54, 1.807) is 5.57 Å². The molecule has 4 aliphatic rings. The van der Waals surface area contributed by atoms with Crippen LogP contribution in [0.25, 0.3) is 0 Å². The highest BCUT2D eigenvalue weighted by molar-refractivity contribution is 5.60. The Hall–Kier alpha value is -0.990. The first kappa shape index (κ1) is 31.0. The van der Waals surface area contributed by atoms with Crippen molar-refractivity contribution < 1.29 is 14.3 Å². The lowest BCUT2D eigenvalue weighted by atomic mass is 9.47. The molecule has 0 bridgehead atoms. The third-order valence-electron chi connectivity index (χ3n) is 12.2. The maximum atomic E-state index is 12.4. The van der Waals surface area contributed by atoms with Gasteiger partial charge in [-0.2, -0.15) is 0 Å². The van der Waals surface area contributed by atoms with E-state index in [9.17, 15) is 4.79 Å². The Morgan fingerprint density at radius 1 is 0.923 bits per heavy atom. The zero-order chi connectivity index (χ0) is 28.0. The van der Waals surface area contributed by atoms with E-state index in [1.165, 1.54) is 77.0 Å². The molecule has 0 saturated heterocycles. The molecule has 3 fully saturated rings. The van der Waals surface area contributed by atoms with Gasteiger partial charge in [0.1, 0.15) is 6.10 Å². The van der Waals surface area contributed by atoms with Gasteiger partial charge in [-0.25, -0.2) is 4.79 Å². The highest BCUT2D eigenvalue weighted by Crippen LogP contribution is 2.67. The van der Waals surface area contributed by atoms with Crippen LogP contribution in [0.4, 0.5) is 4.79 Å². The number of ether oxygens (including phenoxy) is 2. The van der Waals surface area contributed by atoms with Crippen LogP contribution in [0.1, 0.15) is 151 Å². The van der Waals surface area contributed by atoms with Gasteiger partial charge in [-0.3, -0.25) is 0 Å². The maximum absolute atomic E-state index is 12.4. The second-order valence-corrected chi connectivity index (χ2v) is 15.1. The van der Waals surface area contributed by atoms with Crippen molar-refractivity contribution in [3.05, 3.63) is 11.6 Å². The zero-order valence-electron chi connectivity index (χ0n) is 26.6. The van der Waals surface area contributed by atoms with Crippen LogP contribution in [0.5, 0.6) is 0 Å². The normalized spacial score (nSPS) is 36.5. The van der Waals surface area contributed by atoms with Crippen LogP contribution >= 0.6 is 0 Å². The molecule has 0 radical (unpaired) electrons. The Bertz CT molecular complexity index is 816. The lowest BCUT2D eigenvalue weighted by molar-refractivity contribution is -0.0617. The highest BCUT2D eigenvalue weighted by Gasteiger charge is 2.59. The molecule has 0 amide bonds. The van der Waals surface area contributed by atoms with Crippen LogP contribution in [0.3, 0.4) is 0 Å². The van der Waals surface area contributed by atoms with Crippen LogP contribution in [0, 0.1) is 46.3 Å². The van der Waals surface area contributed by atoms with E-state index in [4.69, 9.17) is 9.47 Å². The van der Waals surface area contributed by atoms with Crippen LogP contribution in [-0.4, -0.2) is 18.9 Å². The van der Waals surface area contributed by atoms with Crippen molar-refractivity contribution in [1.82, 2.24) is 0 Å². The molecule has 4 rings (SSSR count). The molecule has 0 aromatic heterocycles. The Balaban J connectivity index is 1.29. The van der Waals surface area contributed by atoms with Gasteiger partial charge in [0.15, 0.2) is 0 Å². The van der Waals surface area contributed by atoms with E-state index in [2.05, 4.69) is 47.6 Å². The average Bonchev–Trinajstić information content (AvgIpc) is 3.25. The molecule has 3 saturated carbocycles. The molecule has 0 N–H and O–H groups in total. The molecular weight excluding hydrogens is 480 g/mol. The zero-order valence-corrected chi connectivity index (χ0v) is 26.6. The molecule has 3 nitrogen and oxygen atoms in total. The summed E-state index contributed by atoms with van der Waals surface area (Å²) in [5, 5.41) is 0. The topological polar surface area (TPSA) is 35.5 Å². The molecule has 0 aromatic rings. The Morgan fingerprint density at radius 2 is 1.69 bits per heavy atom. The minimum absolute atomic E-state index is 0.00525. The predicted octanol–water partition coefficient (Wildman–Crippen LogP) is 10.9. The molecular formula is C36H62O3.